The van der Waals surface area contributed by atoms with E-state index in [1.165, 1.54) is 44.4 Å². The monoisotopic (exact) mass is 828 g/mol. The van der Waals surface area contributed by atoms with E-state index in [0.717, 1.165) is 0 Å². The van der Waals surface area contributed by atoms with Crippen LogP contribution in [0.15, 0.2) is 64.4 Å². The molecule has 2 rings (SSSR count). The van der Waals surface area contributed by atoms with Gasteiger partial charge in [-0.05, 0) is 75.6 Å². The van der Waals surface area contributed by atoms with Crippen LogP contribution in [0.2, 0.25) is 0 Å². The van der Waals surface area contributed by atoms with E-state index in [2.05, 4.69) is 33.4 Å². The van der Waals surface area contributed by atoms with Gasteiger partial charge in [-0.25, -0.2) is 31.1 Å². The van der Waals surface area contributed by atoms with Crippen molar-refractivity contribution in [2.75, 3.05) is 25.1 Å². The Labute approximate surface area is 264 Å². The minimum absolute atomic E-state index is 0. The van der Waals surface area contributed by atoms with Crippen LogP contribution in [0.4, 0.5) is 11.4 Å². The fourth-order valence-electron chi connectivity index (χ4n) is 1.85. The number of allylic oxidation sites excluding steroid dienone is 1. The number of halogens is 2. The molecule has 0 bridgehead atoms. The van der Waals surface area contributed by atoms with E-state index in [1.807, 2.05) is 0 Å². The van der Waals surface area contributed by atoms with E-state index >= 15 is 0 Å². The predicted molar refractivity (Wildman–Crippen MR) is 178 cm³/mol. The number of sulfonamides is 2. The molecule has 0 radical (unpaired) electrons. The molecule has 0 spiro atoms. The third-order valence-corrected chi connectivity index (χ3v) is 6.48. The molecule has 0 heterocycles. The molecule has 236 valence electrons. The van der Waals surface area contributed by atoms with Crippen molar-refractivity contribution in [3.8, 4) is 0 Å². The maximum Gasteiger partial charge on any atom is 0 e. The van der Waals surface area contributed by atoms with Crippen molar-refractivity contribution >= 4 is 61.9 Å². The van der Waals surface area contributed by atoms with E-state index in [0.29, 0.717) is 17.8 Å². The molecule has 39 heavy (non-hydrogen) atoms. The fourth-order valence-corrected chi connectivity index (χ4v) is 3.31. The molecule has 0 aliphatic rings. The summed E-state index contributed by atoms with van der Waals surface area (Å²) in [4.78, 5) is 20.5. The quantitative estimate of drug-likeness (QED) is 0.198. The van der Waals surface area contributed by atoms with E-state index < -0.39 is 20.0 Å². The topological polar surface area (TPSA) is 165 Å². The summed E-state index contributed by atoms with van der Waals surface area (Å²) in [7, 11) is -4.02. The van der Waals surface area contributed by atoms with Gasteiger partial charge in [-0.3, -0.25) is 4.79 Å². The summed E-state index contributed by atoms with van der Waals surface area (Å²) in [6.07, 6.45) is 1.70. The standard InChI is InChI=1S/C10H14N2O3S.C7H10N2O2S.C3H4O.5CH4.HI2.2H2/c1-3-10(13)12-8-4-6-9(7-5-8)16(14,15)11-2;1-9-12(10,11)7-4-2-6(8)3-5-7;1-2-3-4;;;;;;1-2;;/h4-7,11H,3H2,1-2H3,(H,12,13);2-5,9H,8H2,1H3;2H,1H3;5*1H4;1H;2*1H/q;;;;;;;;-1;;/i;;;;;;;;1D;2*1+2. The first-order valence-corrected chi connectivity index (χ1v) is 18.6. The third-order valence-electron chi connectivity index (χ3n) is 3.62. The van der Waals surface area contributed by atoms with Gasteiger partial charge in [0, 0.05) is 20.6 Å². The number of rotatable bonds is 6. The Hall–Kier alpha value is -1.56. The van der Waals surface area contributed by atoms with Crippen molar-refractivity contribution in [2.24, 2.45) is 0 Å². The van der Waals surface area contributed by atoms with Crippen LogP contribution in [-0.2, 0) is 29.6 Å². The molecular weight excluding hydrogens is 770 g/mol. The molecule has 10 nitrogen and oxygen atoms in total. The zero-order valence-corrected chi connectivity index (χ0v) is 25.0. The second-order valence-electron chi connectivity index (χ2n) is 5.82. The summed E-state index contributed by atoms with van der Waals surface area (Å²) in [5.74, 6) is 1.45. The Bertz CT molecular complexity index is 1150. The molecule has 0 aromatic heterocycles. The maximum absolute atomic E-state index is 11.4. The minimum atomic E-state index is -3.41. The van der Waals surface area contributed by atoms with Crippen LogP contribution in [-0.4, -0.2) is 43.4 Å². The van der Waals surface area contributed by atoms with Gasteiger partial charge in [-0.1, -0.05) is 44.1 Å². The molecule has 0 saturated carbocycles. The molecule has 0 saturated heterocycles. The average molecular weight is 829 g/mol. The van der Waals surface area contributed by atoms with Crippen LogP contribution in [0.5, 0.6) is 0 Å². The van der Waals surface area contributed by atoms with Crippen molar-refractivity contribution < 1.29 is 47.7 Å². The van der Waals surface area contributed by atoms with Crippen LogP contribution in [0.1, 0.15) is 60.3 Å². The first-order valence-electron chi connectivity index (χ1n) is 9.77. The molecule has 0 unspecified atom stereocenters. The number of carbonyl (C=O) groups is 1. The van der Waals surface area contributed by atoms with Gasteiger partial charge in [0.15, 0.2) is 0 Å². The van der Waals surface area contributed by atoms with Crippen LogP contribution in [0.3, 0.4) is 0 Å². The molecule has 5 N–H and O–H groups in total. The Morgan fingerprint density at radius 3 is 1.51 bits per heavy atom. The molecule has 0 aliphatic carbocycles. The summed E-state index contributed by atoms with van der Waals surface area (Å²) in [6.45, 7) is 3.38. The Morgan fingerprint density at radius 1 is 0.949 bits per heavy atom. The van der Waals surface area contributed by atoms with E-state index in [1.54, 1.807) is 44.1 Å². The van der Waals surface area contributed by atoms with Gasteiger partial charge in [-0.15, -0.1) is 0 Å². The van der Waals surface area contributed by atoms with Gasteiger partial charge in [0.25, 0.3) is 0 Å². The molecule has 2 aromatic carbocycles. The second kappa shape index (κ2) is 29.4. The zero-order chi connectivity index (χ0) is 27.5. The molecule has 0 aliphatic heterocycles. The number of nitrogens with two attached hydrogens (primary N) is 1. The van der Waals surface area contributed by atoms with Crippen LogP contribution in [0, 0.1) is 0 Å². The van der Waals surface area contributed by atoms with Gasteiger partial charge in [0.2, 0.25) is 26.0 Å². The number of carbonyl (C=O) groups excluding carboxylic acids is 2. The number of anilines is 2. The Balaban J connectivity index is -0.0000000540. The van der Waals surface area contributed by atoms with Crippen molar-refractivity contribution in [1.29, 1.82) is 0.594 Å². The van der Waals surface area contributed by atoms with Crippen LogP contribution in [0.25, 0.3) is 0 Å². The molecule has 14 heteroatoms. The predicted octanol–water partition coefficient (Wildman–Crippen LogP) is 2.81. The number of amides is 1. The van der Waals surface area contributed by atoms with Gasteiger partial charge < -0.3 is 11.1 Å². The van der Waals surface area contributed by atoms with E-state index in [9.17, 15) is 21.6 Å². The van der Waals surface area contributed by atoms with Crippen LogP contribution < -0.4 is 38.9 Å². The second-order valence-corrected chi connectivity index (χ2v) is 9.59. The number of benzene rings is 2. The first kappa shape index (κ1) is 50.3. The zero-order valence-electron chi connectivity index (χ0n) is 20.0. The van der Waals surface area contributed by atoms with Gasteiger partial charge >= 0.3 is 37.6 Å². The number of nitrogen functional groups attached to an aromatic ring is 1. The van der Waals surface area contributed by atoms with Crippen LogP contribution >= 0.6 is 18.6 Å². The molecule has 1 amide bonds. The largest absolute Gasteiger partial charge is 0 e. The average Bonchev–Trinajstić information content (AvgIpc) is 2.85. The Morgan fingerprint density at radius 2 is 1.26 bits per heavy atom. The molecule has 0 atom stereocenters. The number of hydrogen-bond acceptors (Lipinski definition) is 7. The van der Waals surface area contributed by atoms with Gasteiger partial charge in [-0.2, -0.15) is 0 Å². The molecule has 2 aromatic rings. The summed E-state index contributed by atoms with van der Waals surface area (Å²) in [5, 5.41) is 2.63. The third kappa shape index (κ3) is 22.9. The maximum atomic E-state index is 11.4. The summed E-state index contributed by atoms with van der Waals surface area (Å²) in [5.41, 5.74) is 6.53. The smallest absolute Gasteiger partial charge is 0 e. The minimum Gasteiger partial charge on any atom is 0 e. The number of nitrogens with one attached hydrogen (secondary N) is 3. The summed E-state index contributed by atoms with van der Waals surface area (Å²) >= 11 is 1.88. The van der Waals surface area contributed by atoms with Gasteiger partial charge in [0.05, 0.1) is 9.79 Å². The van der Waals surface area contributed by atoms with E-state index in [-0.39, 0.29) is 74.1 Å². The van der Waals surface area contributed by atoms with Gasteiger partial charge in [0.1, 0.15) is 5.94 Å². The van der Waals surface area contributed by atoms with Crippen molar-refractivity contribution in [3.63, 3.8) is 0 Å². The SMILES string of the molecule is C.C.C.C.C.CC=C=O.CCC(=O)Nc1ccc(S(=O)(=O)NC)cc1.CNS(=O)(=O)c1ccc(N)cc1.[2H][I-]I.[3HH].[3HH]. The normalized spacial score (nSPS) is 9.10. The van der Waals surface area contributed by atoms with Crippen molar-refractivity contribution in [1.82, 2.24) is 9.44 Å². The molecule has 0 fully saturated rings. The van der Waals surface area contributed by atoms with Crippen molar-refractivity contribution in [2.45, 2.75) is 67.2 Å². The summed E-state index contributed by atoms with van der Waals surface area (Å²) in [6, 6.07) is 12.0. The van der Waals surface area contributed by atoms with Crippen molar-refractivity contribution in [3.05, 3.63) is 54.6 Å². The number of hydrogen-bond donors (Lipinski definition) is 4. The molecular formula is C25H53I2N4O6S2-. The summed E-state index contributed by atoms with van der Waals surface area (Å²) < 4.78 is 55.8. The first-order chi connectivity index (χ1) is 16.4. The van der Waals surface area contributed by atoms with E-state index in [4.69, 9.17) is 11.1 Å². The fraction of sp³-hybridized carbons (Fsp3) is 0.400. The Kier molecular flexibility index (Phi) is 37.9.